The van der Waals surface area contributed by atoms with Crippen molar-refractivity contribution in [2.24, 2.45) is 0 Å². The fraction of sp³-hybridized carbons (Fsp3) is 0.136. The molecule has 1 N–H and O–H groups in total. The molecule has 0 unspecified atom stereocenters. The third kappa shape index (κ3) is 3.71. The standard InChI is InChI=1S/C22H20N4O2/c1-27-17-12-16(13-18(14-17)28-2)24-22-20-6-4-3-5-19(20)21(25-26-22)11-15-7-9-23-10-8-15/h3-10,12-14H,11H2,1-2H3,(H,24,26). The topological polar surface area (TPSA) is 69.2 Å². The van der Waals surface area contributed by atoms with Gasteiger partial charge in [-0.15, -0.1) is 5.10 Å². The van der Waals surface area contributed by atoms with Crippen molar-refractivity contribution < 1.29 is 9.47 Å². The fourth-order valence-corrected chi connectivity index (χ4v) is 3.09. The predicted octanol–water partition coefficient (Wildman–Crippen LogP) is 4.38. The summed E-state index contributed by atoms with van der Waals surface area (Å²) in [6, 6.07) is 17.7. The maximum atomic E-state index is 5.35. The smallest absolute Gasteiger partial charge is 0.160 e. The number of nitrogens with zero attached hydrogens (tertiary/aromatic N) is 3. The van der Waals surface area contributed by atoms with E-state index >= 15 is 0 Å². The lowest BCUT2D eigenvalue weighted by atomic mass is 10.0. The van der Waals surface area contributed by atoms with Crippen LogP contribution in [-0.4, -0.2) is 29.4 Å². The molecular formula is C22H20N4O2. The Balaban J connectivity index is 1.72. The van der Waals surface area contributed by atoms with Crippen molar-refractivity contribution in [2.45, 2.75) is 6.42 Å². The molecule has 0 aliphatic rings. The van der Waals surface area contributed by atoms with E-state index in [2.05, 4.69) is 26.6 Å². The van der Waals surface area contributed by atoms with E-state index in [-0.39, 0.29) is 0 Å². The first-order valence-corrected chi connectivity index (χ1v) is 8.90. The highest BCUT2D eigenvalue weighted by Crippen LogP contribution is 2.31. The van der Waals surface area contributed by atoms with Crippen LogP contribution in [0, 0.1) is 0 Å². The van der Waals surface area contributed by atoms with Crippen LogP contribution in [0.4, 0.5) is 11.5 Å². The summed E-state index contributed by atoms with van der Waals surface area (Å²) in [4.78, 5) is 4.07. The molecule has 0 fully saturated rings. The zero-order chi connectivity index (χ0) is 19.3. The highest BCUT2D eigenvalue weighted by Gasteiger charge is 2.11. The van der Waals surface area contributed by atoms with Crippen molar-refractivity contribution in [1.82, 2.24) is 15.2 Å². The molecule has 0 saturated heterocycles. The van der Waals surface area contributed by atoms with Gasteiger partial charge in [0.2, 0.25) is 0 Å². The summed E-state index contributed by atoms with van der Waals surface area (Å²) in [7, 11) is 3.25. The van der Waals surface area contributed by atoms with Crippen molar-refractivity contribution in [3.63, 3.8) is 0 Å². The lowest BCUT2D eigenvalue weighted by Gasteiger charge is -2.13. The molecule has 0 atom stereocenters. The van der Waals surface area contributed by atoms with Crippen LogP contribution in [0.3, 0.4) is 0 Å². The summed E-state index contributed by atoms with van der Waals surface area (Å²) in [5.41, 5.74) is 2.89. The van der Waals surface area contributed by atoms with Gasteiger partial charge in [0, 0.05) is 53.5 Å². The molecule has 4 rings (SSSR count). The lowest BCUT2D eigenvalue weighted by Crippen LogP contribution is -2.02. The molecule has 2 aromatic heterocycles. The second kappa shape index (κ2) is 7.92. The number of rotatable bonds is 6. The monoisotopic (exact) mass is 372 g/mol. The largest absolute Gasteiger partial charge is 0.497 e. The quantitative estimate of drug-likeness (QED) is 0.542. The number of pyridine rings is 1. The predicted molar refractivity (Wildman–Crippen MR) is 109 cm³/mol. The Kier molecular flexibility index (Phi) is 5.01. The Morgan fingerprint density at radius 3 is 2.18 bits per heavy atom. The van der Waals surface area contributed by atoms with Crippen LogP contribution in [0.25, 0.3) is 10.8 Å². The third-order valence-corrected chi connectivity index (χ3v) is 4.50. The Hall–Kier alpha value is -3.67. The van der Waals surface area contributed by atoms with Crippen LogP contribution in [-0.2, 0) is 6.42 Å². The van der Waals surface area contributed by atoms with Crippen LogP contribution < -0.4 is 14.8 Å². The molecule has 140 valence electrons. The van der Waals surface area contributed by atoms with Gasteiger partial charge in [0.25, 0.3) is 0 Å². The van der Waals surface area contributed by atoms with Gasteiger partial charge in [-0.1, -0.05) is 24.3 Å². The Morgan fingerprint density at radius 1 is 0.821 bits per heavy atom. The van der Waals surface area contributed by atoms with Crippen LogP contribution in [0.1, 0.15) is 11.3 Å². The number of hydrogen-bond acceptors (Lipinski definition) is 6. The Labute approximate surface area is 163 Å². The van der Waals surface area contributed by atoms with Gasteiger partial charge in [0.05, 0.1) is 19.9 Å². The molecule has 0 aliphatic heterocycles. The second-order valence-electron chi connectivity index (χ2n) is 6.30. The van der Waals surface area contributed by atoms with E-state index in [0.717, 1.165) is 27.7 Å². The first-order valence-electron chi connectivity index (χ1n) is 8.90. The maximum absolute atomic E-state index is 5.35. The number of ether oxygens (including phenoxy) is 2. The molecule has 2 heterocycles. The van der Waals surface area contributed by atoms with Crippen molar-refractivity contribution in [2.75, 3.05) is 19.5 Å². The summed E-state index contributed by atoms with van der Waals surface area (Å²) < 4.78 is 10.7. The zero-order valence-electron chi connectivity index (χ0n) is 15.7. The normalized spacial score (nSPS) is 10.6. The number of nitrogens with one attached hydrogen (secondary N) is 1. The number of benzene rings is 2. The molecule has 0 amide bonds. The molecule has 0 aliphatic carbocycles. The first-order chi connectivity index (χ1) is 13.8. The van der Waals surface area contributed by atoms with Gasteiger partial charge in [-0.05, 0) is 17.7 Å². The molecule has 2 aromatic carbocycles. The molecule has 0 spiro atoms. The van der Waals surface area contributed by atoms with Gasteiger partial charge >= 0.3 is 0 Å². The number of fused-ring (bicyclic) bond motifs is 1. The van der Waals surface area contributed by atoms with Crippen molar-refractivity contribution >= 4 is 22.3 Å². The molecule has 28 heavy (non-hydrogen) atoms. The highest BCUT2D eigenvalue weighted by molar-refractivity contribution is 5.94. The lowest BCUT2D eigenvalue weighted by molar-refractivity contribution is 0.395. The van der Waals surface area contributed by atoms with Gasteiger partial charge < -0.3 is 14.8 Å². The van der Waals surface area contributed by atoms with E-state index in [1.54, 1.807) is 26.6 Å². The SMILES string of the molecule is COc1cc(Nc2nnc(Cc3ccncc3)c3ccccc23)cc(OC)c1. The molecule has 0 bridgehead atoms. The van der Waals surface area contributed by atoms with Crippen LogP contribution >= 0.6 is 0 Å². The minimum atomic E-state index is 0.685. The van der Waals surface area contributed by atoms with Gasteiger partial charge in [0.1, 0.15) is 11.5 Å². The number of aromatic nitrogens is 3. The summed E-state index contributed by atoms with van der Waals surface area (Å²) in [6.45, 7) is 0. The summed E-state index contributed by atoms with van der Waals surface area (Å²) in [6.07, 6.45) is 4.28. The average molecular weight is 372 g/mol. The molecular weight excluding hydrogens is 352 g/mol. The van der Waals surface area contributed by atoms with Crippen LogP contribution in [0.5, 0.6) is 11.5 Å². The number of hydrogen-bond donors (Lipinski definition) is 1. The van der Waals surface area contributed by atoms with Crippen molar-refractivity contribution in [3.8, 4) is 11.5 Å². The summed E-state index contributed by atoms with van der Waals surface area (Å²) >= 11 is 0. The highest BCUT2D eigenvalue weighted by atomic mass is 16.5. The van der Waals surface area contributed by atoms with Crippen LogP contribution in [0.15, 0.2) is 67.0 Å². The number of methoxy groups -OCH3 is 2. The minimum absolute atomic E-state index is 0.685. The van der Waals surface area contributed by atoms with Gasteiger partial charge in [-0.25, -0.2) is 0 Å². The van der Waals surface area contributed by atoms with Gasteiger partial charge in [-0.2, -0.15) is 5.10 Å². The van der Waals surface area contributed by atoms with Crippen LogP contribution in [0.2, 0.25) is 0 Å². The Morgan fingerprint density at radius 2 is 1.50 bits per heavy atom. The zero-order valence-corrected chi connectivity index (χ0v) is 15.7. The summed E-state index contributed by atoms with van der Waals surface area (Å²) in [5.74, 6) is 2.09. The van der Waals surface area contributed by atoms with E-state index in [4.69, 9.17) is 9.47 Å². The fourth-order valence-electron chi connectivity index (χ4n) is 3.09. The van der Waals surface area contributed by atoms with Gasteiger partial charge in [0.15, 0.2) is 5.82 Å². The maximum Gasteiger partial charge on any atom is 0.160 e. The molecule has 6 nitrogen and oxygen atoms in total. The van der Waals surface area contributed by atoms with E-state index in [1.807, 2.05) is 48.5 Å². The third-order valence-electron chi connectivity index (χ3n) is 4.50. The first kappa shape index (κ1) is 17.7. The second-order valence-corrected chi connectivity index (χ2v) is 6.30. The van der Waals surface area contributed by atoms with E-state index in [0.29, 0.717) is 23.7 Å². The van der Waals surface area contributed by atoms with Crippen molar-refractivity contribution in [3.05, 3.63) is 78.2 Å². The summed E-state index contributed by atoms with van der Waals surface area (Å²) in [5, 5.41) is 14.3. The van der Waals surface area contributed by atoms with Crippen molar-refractivity contribution in [1.29, 1.82) is 0 Å². The molecule has 4 aromatic rings. The molecule has 0 radical (unpaired) electrons. The average Bonchev–Trinajstić information content (AvgIpc) is 2.76. The van der Waals surface area contributed by atoms with E-state index in [1.165, 1.54) is 0 Å². The minimum Gasteiger partial charge on any atom is -0.497 e. The molecule has 6 heteroatoms. The van der Waals surface area contributed by atoms with Gasteiger partial charge in [-0.3, -0.25) is 4.98 Å². The Bertz CT molecular complexity index is 1080. The molecule has 0 saturated carbocycles. The van der Waals surface area contributed by atoms with E-state index < -0.39 is 0 Å². The number of anilines is 2. The van der Waals surface area contributed by atoms with E-state index in [9.17, 15) is 0 Å².